The molecule has 0 saturated carbocycles. The largest absolute Gasteiger partial charge is 0.465 e. The molecule has 8 heteroatoms. The number of rotatable bonds is 3. The Balaban J connectivity index is 1.69. The minimum atomic E-state index is -0.865. The number of amides is 1. The number of hydrogen-bond acceptors (Lipinski definition) is 4. The van der Waals surface area contributed by atoms with Gasteiger partial charge in [0.25, 0.3) is 5.69 Å². The van der Waals surface area contributed by atoms with E-state index in [0.29, 0.717) is 25.6 Å². The maximum Gasteiger partial charge on any atom is 0.407 e. The Bertz CT molecular complexity index is 719. The molecule has 0 unspecified atom stereocenters. The van der Waals surface area contributed by atoms with Gasteiger partial charge in [0.1, 0.15) is 0 Å². The summed E-state index contributed by atoms with van der Waals surface area (Å²) in [6.07, 6.45) is 2.56. The van der Waals surface area contributed by atoms with Gasteiger partial charge in [-0.1, -0.05) is 0 Å². The van der Waals surface area contributed by atoms with E-state index >= 15 is 0 Å². The predicted molar refractivity (Wildman–Crippen MR) is 78.7 cm³/mol. The van der Waals surface area contributed by atoms with Crippen molar-refractivity contribution in [3.05, 3.63) is 34.5 Å². The summed E-state index contributed by atoms with van der Waals surface area (Å²) in [5.41, 5.74) is 0.787. The number of hydrogen-bond donors (Lipinski definition) is 1. The van der Waals surface area contributed by atoms with E-state index < -0.39 is 11.0 Å². The summed E-state index contributed by atoms with van der Waals surface area (Å²) < 4.78 is 1.80. The highest BCUT2D eigenvalue weighted by Crippen LogP contribution is 2.22. The van der Waals surface area contributed by atoms with Crippen molar-refractivity contribution in [2.75, 3.05) is 13.1 Å². The Morgan fingerprint density at radius 2 is 2.14 bits per heavy atom. The molecular weight excluding hydrogens is 288 g/mol. The molecule has 1 aliphatic rings. The highest BCUT2D eigenvalue weighted by Gasteiger charge is 2.22. The molecule has 1 aromatic heterocycles. The lowest BCUT2D eigenvalue weighted by Crippen LogP contribution is -2.38. The molecule has 0 atom stereocenters. The fourth-order valence-corrected chi connectivity index (χ4v) is 2.84. The molecule has 3 rings (SSSR count). The number of nitro groups is 1. The van der Waals surface area contributed by atoms with Crippen LogP contribution in [0.3, 0.4) is 0 Å². The van der Waals surface area contributed by atoms with Crippen LogP contribution in [-0.4, -0.2) is 43.9 Å². The molecule has 1 aromatic carbocycles. The Hall–Kier alpha value is -2.64. The highest BCUT2D eigenvalue weighted by molar-refractivity contribution is 5.80. The van der Waals surface area contributed by atoms with Crippen molar-refractivity contribution in [3.63, 3.8) is 0 Å². The van der Waals surface area contributed by atoms with Crippen molar-refractivity contribution >= 4 is 22.7 Å². The second-order valence-corrected chi connectivity index (χ2v) is 5.56. The van der Waals surface area contributed by atoms with Crippen LogP contribution >= 0.6 is 0 Å². The van der Waals surface area contributed by atoms with Crippen molar-refractivity contribution < 1.29 is 14.8 Å². The normalized spacial score (nSPS) is 16.1. The smallest absolute Gasteiger partial charge is 0.407 e. The van der Waals surface area contributed by atoms with Crippen LogP contribution in [0.15, 0.2) is 24.4 Å². The van der Waals surface area contributed by atoms with Gasteiger partial charge in [0.05, 0.1) is 10.4 Å². The molecule has 1 saturated heterocycles. The number of benzene rings is 1. The molecule has 116 valence electrons. The molecule has 0 spiro atoms. The van der Waals surface area contributed by atoms with Gasteiger partial charge in [-0.2, -0.15) is 5.10 Å². The molecule has 2 heterocycles. The van der Waals surface area contributed by atoms with Crippen LogP contribution in [0, 0.1) is 16.0 Å². The number of fused-ring (bicyclic) bond motifs is 1. The topological polar surface area (TPSA) is 102 Å². The van der Waals surface area contributed by atoms with Crippen LogP contribution in [0.5, 0.6) is 0 Å². The minimum absolute atomic E-state index is 0.0572. The summed E-state index contributed by atoms with van der Waals surface area (Å²) >= 11 is 0. The van der Waals surface area contributed by atoms with Gasteiger partial charge >= 0.3 is 6.09 Å². The summed E-state index contributed by atoms with van der Waals surface area (Å²) in [5.74, 6) is 0.375. The molecule has 1 N–H and O–H groups in total. The zero-order valence-electron chi connectivity index (χ0n) is 11.9. The average molecular weight is 304 g/mol. The molecule has 0 radical (unpaired) electrons. The van der Waals surface area contributed by atoms with Gasteiger partial charge < -0.3 is 10.0 Å². The SMILES string of the molecule is O=C(O)N1CCC(Cn2cc3cc([N+](=O)[O-])ccc3n2)CC1. The highest BCUT2D eigenvalue weighted by atomic mass is 16.6. The molecule has 0 bridgehead atoms. The summed E-state index contributed by atoms with van der Waals surface area (Å²) in [6.45, 7) is 1.80. The lowest BCUT2D eigenvalue weighted by molar-refractivity contribution is -0.384. The van der Waals surface area contributed by atoms with Gasteiger partial charge in [0, 0.05) is 43.4 Å². The van der Waals surface area contributed by atoms with Crippen molar-refractivity contribution in [1.82, 2.24) is 14.7 Å². The lowest BCUT2D eigenvalue weighted by Gasteiger charge is -2.29. The van der Waals surface area contributed by atoms with Gasteiger partial charge in [-0.05, 0) is 24.8 Å². The quantitative estimate of drug-likeness (QED) is 0.692. The first-order chi connectivity index (χ1) is 10.5. The summed E-state index contributed by atoms with van der Waals surface area (Å²) in [4.78, 5) is 22.7. The van der Waals surface area contributed by atoms with Crippen LogP contribution in [0.2, 0.25) is 0 Å². The van der Waals surface area contributed by atoms with Crippen LogP contribution in [0.1, 0.15) is 12.8 Å². The molecule has 22 heavy (non-hydrogen) atoms. The van der Waals surface area contributed by atoms with E-state index in [0.717, 1.165) is 23.7 Å². The first kappa shape index (κ1) is 14.3. The fourth-order valence-electron chi connectivity index (χ4n) is 2.84. The van der Waals surface area contributed by atoms with E-state index in [1.165, 1.54) is 17.0 Å². The Morgan fingerprint density at radius 3 is 2.77 bits per heavy atom. The van der Waals surface area contributed by atoms with E-state index in [1.54, 1.807) is 10.7 Å². The summed E-state index contributed by atoms with van der Waals surface area (Å²) in [6, 6.07) is 4.62. The Morgan fingerprint density at radius 1 is 1.41 bits per heavy atom. The second-order valence-electron chi connectivity index (χ2n) is 5.56. The predicted octanol–water partition coefficient (Wildman–Crippen LogP) is 2.33. The molecule has 1 aliphatic heterocycles. The molecule has 1 fully saturated rings. The van der Waals surface area contributed by atoms with Crippen LogP contribution in [0.4, 0.5) is 10.5 Å². The van der Waals surface area contributed by atoms with Crippen molar-refractivity contribution in [3.8, 4) is 0 Å². The standard InChI is InChI=1S/C14H16N4O4/c19-14(20)16-5-3-10(4-6-16)8-17-9-11-7-12(18(21)22)1-2-13(11)15-17/h1-2,7,9-10H,3-6,8H2,(H,19,20). The molecule has 0 aliphatic carbocycles. The van der Waals surface area contributed by atoms with E-state index in [1.807, 2.05) is 6.20 Å². The maximum absolute atomic E-state index is 10.9. The van der Waals surface area contributed by atoms with Crippen molar-refractivity contribution in [2.45, 2.75) is 19.4 Å². The molecule has 1 amide bonds. The van der Waals surface area contributed by atoms with Gasteiger partial charge in [0.15, 0.2) is 0 Å². The zero-order chi connectivity index (χ0) is 15.7. The Kier molecular flexibility index (Phi) is 3.66. The molecular formula is C14H16N4O4. The maximum atomic E-state index is 10.9. The first-order valence-corrected chi connectivity index (χ1v) is 7.12. The van der Waals surface area contributed by atoms with E-state index in [4.69, 9.17) is 5.11 Å². The summed E-state index contributed by atoms with van der Waals surface area (Å²) in [7, 11) is 0. The van der Waals surface area contributed by atoms with Gasteiger partial charge in [0.2, 0.25) is 0 Å². The number of aromatic nitrogens is 2. The van der Waals surface area contributed by atoms with Crippen molar-refractivity contribution in [1.29, 1.82) is 0 Å². The van der Waals surface area contributed by atoms with Gasteiger partial charge in [-0.25, -0.2) is 4.79 Å². The number of carboxylic acid groups (broad SMARTS) is 1. The van der Waals surface area contributed by atoms with Crippen molar-refractivity contribution in [2.24, 2.45) is 5.92 Å². The van der Waals surface area contributed by atoms with E-state index in [2.05, 4.69) is 5.10 Å². The third-order valence-electron chi connectivity index (χ3n) is 4.08. The third kappa shape index (κ3) is 2.85. The van der Waals surface area contributed by atoms with Crippen LogP contribution in [-0.2, 0) is 6.54 Å². The number of piperidine rings is 1. The van der Waals surface area contributed by atoms with Gasteiger partial charge in [-0.15, -0.1) is 0 Å². The number of likely N-dealkylation sites (tertiary alicyclic amines) is 1. The average Bonchev–Trinajstić information content (AvgIpc) is 2.88. The lowest BCUT2D eigenvalue weighted by atomic mass is 9.97. The zero-order valence-corrected chi connectivity index (χ0v) is 11.9. The monoisotopic (exact) mass is 304 g/mol. The number of non-ortho nitro benzene ring substituents is 1. The number of nitrogens with zero attached hydrogens (tertiary/aromatic N) is 4. The number of nitro benzene ring substituents is 1. The van der Waals surface area contributed by atoms with Crippen LogP contribution in [0.25, 0.3) is 10.9 Å². The van der Waals surface area contributed by atoms with Crippen LogP contribution < -0.4 is 0 Å². The second kappa shape index (κ2) is 5.63. The minimum Gasteiger partial charge on any atom is -0.465 e. The number of carbonyl (C=O) groups is 1. The third-order valence-corrected chi connectivity index (χ3v) is 4.08. The molecule has 2 aromatic rings. The molecule has 8 nitrogen and oxygen atoms in total. The van der Waals surface area contributed by atoms with E-state index in [9.17, 15) is 14.9 Å². The van der Waals surface area contributed by atoms with Gasteiger partial charge in [-0.3, -0.25) is 14.8 Å². The van der Waals surface area contributed by atoms with E-state index in [-0.39, 0.29) is 5.69 Å². The summed E-state index contributed by atoms with van der Waals surface area (Å²) in [5, 5.41) is 24.9. The Labute approximate surface area is 126 Å². The first-order valence-electron chi connectivity index (χ1n) is 7.12. The fraction of sp³-hybridized carbons (Fsp3) is 0.429.